The molecule has 0 fully saturated rings. The second kappa shape index (κ2) is 4.50. The topological polar surface area (TPSA) is 89.9 Å². The molecule has 0 unspecified atom stereocenters. The lowest BCUT2D eigenvalue weighted by atomic mass is 10.3. The summed E-state index contributed by atoms with van der Waals surface area (Å²) in [7, 11) is -3.16. The van der Waals surface area contributed by atoms with Crippen LogP contribution in [-0.4, -0.2) is 26.0 Å². The molecule has 1 N–H and O–H groups in total. The zero-order valence-corrected chi connectivity index (χ0v) is 9.45. The number of carbonyl (C=O) groups is 1. The van der Waals surface area contributed by atoms with E-state index in [0.717, 1.165) is 6.07 Å². The summed E-state index contributed by atoms with van der Waals surface area (Å²) in [6.07, 6.45) is 0. The van der Waals surface area contributed by atoms with E-state index in [-0.39, 0.29) is 11.5 Å². The Balaban J connectivity index is 3.27. The van der Waals surface area contributed by atoms with Crippen molar-refractivity contribution in [2.24, 2.45) is 0 Å². The second-order valence-electron chi connectivity index (χ2n) is 2.88. The summed E-state index contributed by atoms with van der Waals surface area (Å²) in [5.41, 5.74) is 0. The van der Waals surface area contributed by atoms with Gasteiger partial charge in [0.25, 0.3) is 10.1 Å². The van der Waals surface area contributed by atoms with Gasteiger partial charge in [-0.15, -0.1) is 0 Å². The number of hydrogen-bond acceptors (Lipinski definition) is 5. The van der Waals surface area contributed by atoms with Crippen LogP contribution in [-0.2, 0) is 14.9 Å². The standard InChI is InChI=1S/C9H10O6S/c1-6(10)15-7-3-4-8(14-2)9(5-7)16(11,12)13/h3-5H,1-2H3,(H,11,12,13). The van der Waals surface area contributed by atoms with Crippen LogP contribution in [0.2, 0.25) is 0 Å². The Bertz CT molecular complexity index is 505. The van der Waals surface area contributed by atoms with Crippen molar-refractivity contribution in [2.45, 2.75) is 11.8 Å². The van der Waals surface area contributed by atoms with Crippen molar-refractivity contribution < 1.29 is 27.2 Å². The van der Waals surface area contributed by atoms with Gasteiger partial charge in [0.05, 0.1) is 7.11 Å². The lowest BCUT2D eigenvalue weighted by molar-refractivity contribution is -0.131. The first kappa shape index (κ1) is 12.5. The summed E-state index contributed by atoms with van der Waals surface area (Å²) in [5.74, 6) is -0.606. The van der Waals surface area contributed by atoms with Crippen LogP contribution in [0.25, 0.3) is 0 Å². The lowest BCUT2D eigenvalue weighted by Crippen LogP contribution is -2.05. The van der Waals surface area contributed by atoms with Gasteiger partial charge in [0, 0.05) is 13.0 Å². The minimum atomic E-state index is -4.42. The molecule has 0 aromatic heterocycles. The van der Waals surface area contributed by atoms with Crippen molar-refractivity contribution in [3.05, 3.63) is 18.2 Å². The zero-order valence-electron chi connectivity index (χ0n) is 8.63. The van der Waals surface area contributed by atoms with Gasteiger partial charge in [-0.2, -0.15) is 8.42 Å². The molecular weight excluding hydrogens is 236 g/mol. The van der Waals surface area contributed by atoms with Gasteiger partial charge in [-0.05, 0) is 12.1 Å². The van der Waals surface area contributed by atoms with Crippen molar-refractivity contribution >= 4 is 16.1 Å². The van der Waals surface area contributed by atoms with Gasteiger partial charge in [0.1, 0.15) is 16.4 Å². The molecule has 0 amide bonds. The molecular formula is C9H10O6S. The van der Waals surface area contributed by atoms with Gasteiger partial charge in [-0.25, -0.2) is 0 Å². The van der Waals surface area contributed by atoms with Crippen molar-refractivity contribution in [3.63, 3.8) is 0 Å². The number of esters is 1. The molecule has 0 bridgehead atoms. The third kappa shape index (κ3) is 2.94. The van der Waals surface area contributed by atoms with Gasteiger partial charge in [-0.3, -0.25) is 9.35 Å². The van der Waals surface area contributed by atoms with E-state index >= 15 is 0 Å². The van der Waals surface area contributed by atoms with E-state index in [1.807, 2.05) is 0 Å². The molecule has 1 aromatic rings. The molecule has 0 heterocycles. The third-order valence-corrected chi connectivity index (χ3v) is 2.55. The summed E-state index contributed by atoms with van der Waals surface area (Å²) in [4.78, 5) is 10.2. The van der Waals surface area contributed by atoms with Crippen LogP contribution in [0.15, 0.2) is 23.1 Å². The minimum Gasteiger partial charge on any atom is -0.495 e. The largest absolute Gasteiger partial charge is 0.495 e. The first-order valence-corrected chi connectivity index (χ1v) is 5.62. The van der Waals surface area contributed by atoms with Crippen molar-refractivity contribution in [1.29, 1.82) is 0 Å². The van der Waals surface area contributed by atoms with E-state index in [9.17, 15) is 13.2 Å². The fourth-order valence-corrected chi connectivity index (χ4v) is 1.76. The van der Waals surface area contributed by atoms with Crippen LogP contribution < -0.4 is 9.47 Å². The molecule has 1 rings (SSSR count). The molecule has 0 aliphatic carbocycles. The number of rotatable bonds is 3. The van der Waals surface area contributed by atoms with Gasteiger partial charge in [0.2, 0.25) is 0 Å². The molecule has 0 aliphatic heterocycles. The second-order valence-corrected chi connectivity index (χ2v) is 4.27. The minimum absolute atomic E-state index is 0.0147. The number of methoxy groups -OCH3 is 1. The fraction of sp³-hybridized carbons (Fsp3) is 0.222. The summed E-state index contributed by atoms with van der Waals surface area (Å²) in [6, 6.07) is 3.64. The maximum absolute atomic E-state index is 11.0. The number of carbonyl (C=O) groups excluding carboxylic acids is 1. The molecule has 88 valence electrons. The molecule has 1 aromatic carbocycles. The SMILES string of the molecule is COc1ccc(OC(C)=O)cc1S(=O)(=O)O. The Kier molecular flexibility index (Phi) is 3.51. The van der Waals surface area contributed by atoms with Gasteiger partial charge in [0.15, 0.2) is 0 Å². The van der Waals surface area contributed by atoms with Crippen molar-refractivity contribution in [2.75, 3.05) is 7.11 Å². The first-order chi connectivity index (χ1) is 7.34. The predicted molar refractivity (Wildman–Crippen MR) is 54.1 cm³/mol. The summed E-state index contributed by atoms with van der Waals surface area (Å²) >= 11 is 0. The summed E-state index contributed by atoms with van der Waals surface area (Å²) in [5, 5.41) is 0. The van der Waals surface area contributed by atoms with Crippen LogP contribution in [0, 0.1) is 0 Å². The van der Waals surface area contributed by atoms with Crippen LogP contribution in [0.4, 0.5) is 0 Å². The monoisotopic (exact) mass is 246 g/mol. The van der Waals surface area contributed by atoms with E-state index in [2.05, 4.69) is 4.74 Å². The third-order valence-electron chi connectivity index (χ3n) is 1.67. The van der Waals surface area contributed by atoms with E-state index in [1.165, 1.54) is 26.2 Å². The molecule has 0 spiro atoms. The van der Waals surface area contributed by atoms with Gasteiger partial charge < -0.3 is 9.47 Å². The van der Waals surface area contributed by atoms with Crippen molar-refractivity contribution in [1.82, 2.24) is 0 Å². The maximum Gasteiger partial charge on any atom is 0.308 e. The Morgan fingerprint density at radius 3 is 2.44 bits per heavy atom. The summed E-state index contributed by atoms with van der Waals surface area (Å²) < 4.78 is 40.3. The molecule has 0 aliphatic rings. The van der Waals surface area contributed by atoms with Crippen molar-refractivity contribution in [3.8, 4) is 11.5 Å². The summed E-state index contributed by atoms with van der Waals surface area (Å²) in [6.45, 7) is 1.18. The highest BCUT2D eigenvalue weighted by atomic mass is 32.2. The van der Waals surface area contributed by atoms with E-state index in [0.29, 0.717) is 0 Å². The van der Waals surface area contributed by atoms with Crippen LogP contribution in [0.3, 0.4) is 0 Å². The van der Waals surface area contributed by atoms with E-state index in [4.69, 9.17) is 9.29 Å². The molecule has 0 radical (unpaired) electrons. The molecule has 7 heteroatoms. The van der Waals surface area contributed by atoms with Crippen LogP contribution in [0.5, 0.6) is 11.5 Å². The van der Waals surface area contributed by atoms with Gasteiger partial charge >= 0.3 is 5.97 Å². The highest BCUT2D eigenvalue weighted by Gasteiger charge is 2.17. The highest BCUT2D eigenvalue weighted by molar-refractivity contribution is 7.86. The Morgan fingerprint density at radius 1 is 1.38 bits per heavy atom. The maximum atomic E-state index is 11.0. The Morgan fingerprint density at radius 2 is 2.00 bits per heavy atom. The lowest BCUT2D eigenvalue weighted by Gasteiger charge is -2.07. The Hall–Kier alpha value is -1.60. The van der Waals surface area contributed by atoms with Crippen LogP contribution >= 0.6 is 0 Å². The average Bonchev–Trinajstić information content (AvgIpc) is 2.15. The predicted octanol–water partition coefficient (Wildman–Crippen LogP) is 0.867. The molecule has 6 nitrogen and oxygen atoms in total. The van der Waals surface area contributed by atoms with Crippen LogP contribution in [0.1, 0.15) is 6.92 Å². The molecule has 0 atom stereocenters. The molecule has 0 saturated carbocycles. The fourth-order valence-electron chi connectivity index (χ4n) is 1.09. The number of hydrogen-bond donors (Lipinski definition) is 1. The highest BCUT2D eigenvalue weighted by Crippen LogP contribution is 2.27. The Labute approximate surface area is 92.5 Å². The van der Waals surface area contributed by atoms with Gasteiger partial charge in [-0.1, -0.05) is 0 Å². The van der Waals surface area contributed by atoms with E-state index < -0.39 is 21.0 Å². The first-order valence-electron chi connectivity index (χ1n) is 4.18. The smallest absolute Gasteiger partial charge is 0.308 e. The zero-order chi connectivity index (χ0) is 12.3. The van der Waals surface area contributed by atoms with E-state index in [1.54, 1.807) is 0 Å². The number of benzene rings is 1. The molecule has 0 saturated heterocycles. The normalized spacial score (nSPS) is 10.9. The number of ether oxygens (including phenoxy) is 2. The average molecular weight is 246 g/mol. The molecule has 16 heavy (non-hydrogen) atoms. The quantitative estimate of drug-likeness (QED) is 0.483.